The maximum absolute atomic E-state index is 13.7. The number of pyridine rings is 1. The predicted molar refractivity (Wildman–Crippen MR) is 117 cm³/mol. The first-order chi connectivity index (χ1) is 15.1. The summed E-state index contributed by atoms with van der Waals surface area (Å²) >= 11 is 0. The van der Waals surface area contributed by atoms with Crippen molar-refractivity contribution in [3.05, 3.63) is 57.6 Å². The molecule has 4 heterocycles. The number of piperidine rings is 3. The van der Waals surface area contributed by atoms with Crippen LogP contribution in [0.25, 0.3) is 10.9 Å². The Bertz CT molecular complexity index is 1140. The summed E-state index contributed by atoms with van der Waals surface area (Å²) in [5.74, 6) is 0.345. The van der Waals surface area contributed by atoms with Gasteiger partial charge in [-0.25, -0.2) is 4.39 Å². The maximum atomic E-state index is 13.7. The van der Waals surface area contributed by atoms with E-state index in [1.54, 1.807) is 6.07 Å². The molecule has 1 N–H and O–H groups in total. The Morgan fingerprint density at radius 1 is 1.16 bits per heavy atom. The number of benzene rings is 1. The van der Waals surface area contributed by atoms with E-state index < -0.39 is 5.82 Å². The van der Waals surface area contributed by atoms with Gasteiger partial charge in [0.15, 0.2) is 0 Å². The number of nitrogens with one attached hydrogen (secondary N) is 1. The summed E-state index contributed by atoms with van der Waals surface area (Å²) < 4.78 is 13.7. The zero-order valence-corrected chi connectivity index (χ0v) is 17.6. The molecule has 1 amide bonds. The van der Waals surface area contributed by atoms with Crippen molar-refractivity contribution in [3.8, 4) is 0 Å². The van der Waals surface area contributed by atoms with E-state index in [-0.39, 0.29) is 28.3 Å². The Morgan fingerprint density at radius 3 is 2.97 bits per heavy atom. The molecule has 0 unspecified atom stereocenters. The number of carbonyl (C=O) groups is 1. The van der Waals surface area contributed by atoms with Crippen LogP contribution in [0.4, 0.5) is 4.39 Å². The Kier molecular flexibility index (Phi) is 4.53. The van der Waals surface area contributed by atoms with E-state index in [0.29, 0.717) is 29.9 Å². The fourth-order valence-electron chi connectivity index (χ4n) is 6.71. The molecule has 5 nitrogen and oxygen atoms in total. The molecule has 1 aromatic heterocycles. The predicted octanol–water partition coefficient (Wildman–Crippen LogP) is 3.70. The molecule has 0 spiro atoms. The normalized spacial score (nSPS) is 30.5. The number of hydrogen-bond donors (Lipinski definition) is 1. The summed E-state index contributed by atoms with van der Waals surface area (Å²) in [6.07, 6.45) is 11.0. The fourth-order valence-corrected chi connectivity index (χ4v) is 6.71. The van der Waals surface area contributed by atoms with E-state index in [1.807, 2.05) is 4.90 Å². The third kappa shape index (κ3) is 3.06. The average molecular weight is 422 g/mol. The van der Waals surface area contributed by atoms with Gasteiger partial charge in [-0.05, 0) is 68.7 Å². The van der Waals surface area contributed by atoms with Crippen molar-refractivity contribution in [2.24, 2.45) is 11.8 Å². The molecular formula is C25H28FN3O2. The zero-order valence-electron chi connectivity index (χ0n) is 17.6. The van der Waals surface area contributed by atoms with Gasteiger partial charge in [0.05, 0.1) is 6.04 Å². The van der Waals surface area contributed by atoms with Crippen LogP contribution in [-0.2, 0) is 0 Å². The molecule has 0 radical (unpaired) electrons. The van der Waals surface area contributed by atoms with Crippen LogP contribution in [0.1, 0.15) is 48.9 Å². The quantitative estimate of drug-likeness (QED) is 0.715. The van der Waals surface area contributed by atoms with Crippen LogP contribution in [0.3, 0.4) is 0 Å². The smallest absolute Gasteiger partial charge is 0.259 e. The van der Waals surface area contributed by atoms with Crippen molar-refractivity contribution in [1.82, 2.24) is 14.8 Å². The molecule has 1 aliphatic carbocycles. The summed E-state index contributed by atoms with van der Waals surface area (Å²) in [7, 11) is 0. The molecule has 3 aliphatic heterocycles. The average Bonchev–Trinajstić information content (AvgIpc) is 2.79. The molecule has 6 heteroatoms. The van der Waals surface area contributed by atoms with Crippen molar-refractivity contribution in [3.63, 3.8) is 0 Å². The summed E-state index contributed by atoms with van der Waals surface area (Å²) in [6.45, 7) is 2.88. The molecule has 6 rings (SSSR count). The van der Waals surface area contributed by atoms with E-state index in [0.717, 1.165) is 32.4 Å². The van der Waals surface area contributed by atoms with Gasteiger partial charge in [0.1, 0.15) is 11.4 Å². The van der Waals surface area contributed by atoms with Gasteiger partial charge in [-0.3, -0.25) is 14.5 Å². The number of amides is 1. The van der Waals surface area contributed by atoms with E-state index in [2.05, 4.69) is 16.0 Å². The summed E-state index contributed by atoms with van der Waals surface area (Å²) in [5, 5.41) is 0.233. The molecule has 3 fully saturated rings. The lowest BCUT2D eigenvalue weighted by Crippen LogP contribution is -2.60. The number of nitrogens with zero attached hydrogens (tertiary/aromatic N) is 2. The zero-order chi connectivity index (χ0) is 21.1. The molecule has 1 aromatic carbocycles. The Labute approximate surface area is 180 Å². The van der Waals surface area contributed by atoms with E-state index in [4.69, 9.17) is 0 Å². The molecule has 2 aromatic rings. The second kappa shape index (κ2) is 7.30. The van der Waals surface area contributed by atoms with Gasteiger partial charge >= 0.3 is 0 Å². The van der Waals surface area contributed by atoms with Crippen LogP contribution in [0.2, 0.25) is 0 Å². The lowest BCUT2D eigenvalue weighted by atomic mass is 9.68. The molecule has 3 saturated heterocycles. The third-order valence-electron chi connectivity index (χ3n) is 7.99. The lowest BCUT2D eigenvalue weighted by molar-refractivity contribution is 0.00143. The lowest BCUT2D eigenvalue weighted by Gasteiger charge is -2.54. The van der Waals surface area contributed by atoms with Gasteiger partial charge in [-0.2, -0.15) is 0 Å². The SMILES string of the molecule is O=C(c1c[nH]c2ccc(F)cc2c1=O)N1CCCC2=C[C@H]3C[C@@H](CN4CCCC[C@@H]34)[C@H]21. The number of likely N-dealkylation sites (tertiary alicyclic amines) is 1. The van der Waals surface area contributed by atoms with Crippen LogP contribution in [0.5, 0.6) is 0 Å². The number of fused-ring (bicyclic) bond motifs is 7. The van der Waals surface area contributed by atoms with Crippen LogP contribution < -0.4 is 5.43 Å². The highest BCUT2D eigenvalue weighted by molar-refractivity contribution is 5.97. The van der Waals surface area contributed by atoms with E-state index in [9.17, 15) is 14.0 Å². The first-order valence-electron chi connectivity index (χ1n) is 11.7. The second-order valence-electron chi connectivity index (χ2n) is 9.73. The highest BCUT2D eigenvalue weighted by Gasteiger charge is 2.47. The minimum absolute atomic E-state index is 0.0861. The van der Waals surface area contributed by atoms with Gasteiger partial charge in [0.2, 0.25) is 5.43 Å². The van der Waals surface area contributed by atoms with Crippen molar-refractivity contribution >= 4 is 16.8 Å². The van der Waals surface area contributed by atoms with Gasteiger partial charge < -0.3 is 9.88 Å². The van der Waals surface area contributed by atoms with Gasteiger partial charge in [0.25, 0.3) is 5.91 Å². The highest BCUT2D eigenvalue weighted by atomic mass is 19.1. The van der Waals surface area contributed by atoms with Crippen molar-refractivity contribution in [2.45, 2.75) is 50.6 Å². The summed E-state index contributed by atoms with van der Waals surface area (Å²) in [4.78, 5) is 34.3. The maximum Gasteiger partial charge on any atom is 0.259 e. The van der Waals surface area contributed by atoms with Crippen molar-refractivity contribution < 1.29 is 9.18 Å². The van der Waals surface area contributed by atoms with Crippen LogP contribution >= 0.6 is 0 Å². The van der Waals surface area contributed by atoms with Crippen molar-refractivity contribution in [2.75, 3.05) is 19.6 Å². The minimum Gasteiger partial charge on any atom is -0.360 e. The molecule has 2 bridgehead atoms. The minimum atomic E-state index is -0.470. The number of H-pyrrole nitrogens is 1. The first kappa shape index (κ1) is 19.2. The monoisotopic (exact) mass is 421 g/mol. The largest absolute Gasteiger partial charge is 0.360 e. The van der Waals surface area contributed by atoms with Crippen LogP contribution in [-0.4, -0.2) is 52.4 Å². The number of rotatable bonds is 1. The first-order valence-corrected chi connectivity index (χ1v) is 11.7. The third-order valence-corrected chi connectivity index (χ3v) is 7.99. The summed E-state index contributed by atoms with van der Waals surface area (Å²) in [5.41, 5.74) is 1.68. The summed E-state index contributed by atoms with van der Waals surface area (Å²) in [6, 6.07) is 4.83. The number of hydrogen-bond acceptors (Lipinski definition) is 3. The van der Waals surface area contributed by atoms with Gasteiger partial charge in [-0.1, -0.05) is 18.1 Å². The van der Waals surface area contributed by atoms with E-state index >= 15 is 0 Å². The van der Waals surface area contributed by atoms with Crippen molar-refractivity contribution in [1.29, 1.82) is 0 Å². The number of aromatic amines is 1. The number of halogens is 1. The highest BCUT2D eigenvalue weighted by Crippen LogP contribution is 2.45. The van der Waals surface area contributed by atoms with E-state index in [1.165, 1.54) is 43.2 Å². The molecule has 0 saturated carbocycles. The van der Waals surface area contributed by atoms with Crippen LogP contribution in [0.15, 0.2) is 40.8 Å². The topological polar surface area (TPSA) is 56.4 Å². The molecular weight excluding hydrogens is 393 g/mol. The van der Waals surface area contributed by atoms with Crippen LogP contribution in [0, 0.1) is 17.7 Å². The molecule has 31 heavy (non-hydrogen) atoms. The fraction of sp³-hybridized carbons (Fsp3) is 0.520. The number of aromatic nitrogens is 1. The van der Waals surface area contributed by atoms with Gasteiger partial charge in [-0.15, -0.1) is 0 Å². The molecule has 4 aliphatic rings. The Morgan fingerprint density at radius 2 is 2.06 bits per heavy atom. The Balaban J connectivity index is 1.37. The number of carbonyl (C=O) groups excluding carboxylic acids is 1. The molecule has 4 atom stereocenters. The van der Waals surface area contributed by atoms with Gasteiger partial charge in [0, 0.05) is 36.2 Å². The Hall–Kier alpha value is -2.47. The molecule has 162 valence electrons. The standard InChI is InChI=1S/C25H28FN3O2/c26-18-6-7-21-19(12-18)24(30)20(13-27-21)25(31)29-9-3-4-15-10-16-11-17(23(15)29)14-28-8-2-1-5-22(16)28/h6-7,10,12-13,16-17,22-23H,1-5,8-9,11,14H2,(H,27,30)/t16-,17-,22-,23-/m0/s1. The second-order valence-corrected chi connectivity index (χ2v) is 9.73.